The second-order valence-corrected chi connectivity index (χ2v) is 4.04. The lowest BCUT2D eigenvalue weighted by atomic mass is 10.2. The van der Waals surface area contributed by atoms with E-state index in [9.17, 15) is 0 Å². The van der Waals surface area contributed by atoms with Gasteiger partial charge in [0, 0.05) is 11.6 Å². The van der Waals surface area contributed by atoms with Crippen LogP contribution in [-0.2, 0) is 6.54 Å². The molecule has 0 saturated heterocycles. The van der Waals surface area contributed by atoms with Crippen molar-refractivity contribution in [2.75, 3.05) is 5.32 Å². The molecule has 16 heavy (non-hydrogen) atoms. The Morgan fingerprint density at radius 2 is 1.88 bits per heavy atom. The van der Waals surface area contributed by atoms with E-state index >= 15 is 0 Å². The topological polar surface area (TPSA) is 37.8 Å². The van der Waals surface area contributed by atoms with E-state index < -0.39 is 0 Å². The summed E-state index contributed by atoms with van der Waals surface area (Å²) in [5, 5.41) is 4.36. The van der Waals surface area contributed by atoms with Crippen LogP contribution in [0.15, 0.2) is 36.8 Å². The summed E-state index contributed by atoms with van der Waals surface area (Å²) in [6.45, 7) is 0.647. The summed E-state index contributed by atoms with van der Waals surface area (Å²) < 4.78 is 0. The highest BCUT2D eigenvalue weighted by atomic mass is 35.5. The van der Waals surface area contributed by atoms with E-state index in [1.165, 1.54) is 6.33 Å². The first-order valence-electron chi connectivity index (χ1n) is 4.69. The van der Waals surface area contributed by atoms with E-state index in [-0.39, 0.29) is 0 Å². The van der Waals surface area contributed by atoms with Gasteiger partial charge in [0.15, 0.2) is 0 Å². The first-order chi connectivity index (χ1) is 7.75. The lowest BCUT2D eigenvalue weighted by Crippen LogP contribution is -2.01. The molecule has 5 heteroatoms. The summed E-state index contributed by atoms with van der Waals surface area (Å²) in [6, 6.07) is 7.59. The molecule has 2 aromatic rings. The molecular weight excluding hydrogens is 245 g/mol. The van der Waals surface area contributed by atoms with Gasteiger partial charge in [-0.05, 0) is 17.7 Å². The van der Waals surface area contributed by atoms with Crippen LogP contribution in [0.3, 0.4) is 0 Å². The van der Waals surface area contributed by atoms with Crippen molar-refractivity contribution in [1.29, 1.82) is 0 Å². The average molecular weight is 254 g/mol. The van der Waals surface area contributed by atoms with Gasteiger partial charge in [0.05, 0.1) is 6.20 Å². The Balaban J connectivity index is 2.02. The second-order valence-electron chi connectivity index (χ2n) is 3.20. The molecular formula is C11H9Cl2N3. The summed E-state index contributed by atoms with van der Waals surface area (Å²) in [6.07, 6.45) is 3.01. The van der Waals surface area contributed by atoms with Gasteiger partial charge in [-0.15, -0.1) is 0 Å². The van der Waals surface area contributed by atoms with E-state index in [0.29, 0.717) is 17.4 Å². The molecule has 2 rings (SSSR count). The predicted octanol–water partition coefficient (Wildman–Crippen LogP) is 3.40. The van der Waals surface area contributed by atoms with Crippen LogP contribution in [-0.4, -0.2) is 9.97 Å². The van der Waals surface area contributed by atoms with E-state index in [1.807, 2.05) is 24.3 Å². The lowest BCUT2D eigenvalue weighted by Gasteiger charge is -2.06. The van der Waals surface area contributed by atoms with Crippen molar-refractivity contribution in [2.45, 2.75) is 6.54 Å². The average Bonchev–Trinajstić information content (AvgIpc) is 2.30. The van der Waals surface area contributed by atoms with Crippen LogP contribution < -0.4 is 5.32 Å². The number of benzene rings is 1. The molecule has 1 heterocycles. The molecule has 0 aliphatic carbocycles. The number of halogens is 2. The molecule has 0 spiro atoms. The van der Waals surface area contributed by atoms with Crippen molar-refractivity contribution in [3.63, 3.8) is 0 Å². The highest BCUT2D eigenvalue weighted by Crippen LogP contribution is 2.17. The van der Waals surface area contributed by atoms with Crippen LogP contribution in [0.1, 0.15) is 5.56 Å². The molecule has 0 atom stereocenters. The predicted molar refractivity (Wildman–Crippen MR) is 65.8 cm³/mol. The van der Waals surface area contributed by atoms with Gasteiger partial charge in [-0.3, -0.25) is 0 Å². The molecule has 1 aromatic heterocycles. The highest BCUT2D eigenvalue weighted by molar-refractivity contribution is 6.32. The van der Waals surface area contributed by atoms with Crippen molar-refractivity contribution >= 4 is 29.0 Å². The fourth-order valence-electron chi connectivity index (χ4n) is 1.23. The summed E-state index contributed by atoms with van der Waals surface area (Å²) in [4.78, 5) is 7.84. The van der Waals surface area contributed by atoms with Gasteiger partial charge in [-0.25, -0.2) is 9.97 Å². The number of nitrogens with one attached hydrogen (secondary N) is 1. The van der Waals surface area contributed by atoms with Crippen LogP contribution >= 0.6 is 23.2 Å². The molecule has 0 aliphatic rings. The Hall–Kier alpha value is -1.32. The third kappa shape index (κ3) is 2.84. The van der Waals surface area contributed by atoms with E-state index in [2.05, 4.69) is 15.3 Å². The maximum atomic E-state index is 5.91. The van der Waals surface area contributed by atoms with Crippen LogP contribution in [0.5, 0.6) is 0 Å². The maximum absolute atomic E-state index is 5.91. The quantitative estimate of drug-likeness (QED) is 0.912. The fourth-order valence-corrected chi connectivity index (χ4v) is 1.53. The van der Waals surface area contributed by atoms with Crippen molar-refractivity contribution in [2.24, 2.45) is 0 Å². The fraction of sp³-hybridized carbons (Fsp3) is 0.0909. The maximum Gasteiger partial charge on any atom is 0.148 e. The van der Waals surface area contributed by atoms with E-state index in [4.69, 9.17) is 23.2 Å². The molecule has 0 unspecified atom stereocenters. The number of hydrogen-bond acceptors (Lipinski definition) is 3. The number of aromatic nitrogens is 2. The number of rotatable bonds is 3. The summed E-state index contributed by atoms with van der Waals surface area (Å²) >= 11 is 11.7. The minimum Gasteiger partial charge on any atom is -0.365 e. The number of hydrogen-bond donors (Lipinski definition) is 1. The monoisotopic (exact) mass is 253 g/mol. The van der Waals surface area contributed by atoms with Gasteiger partial charge in [0.2, 0.25) is 0 Å². The standard InChI is InChI=1S/C11H9Cl2N3/c12-9-3-1-8(2-4-9)5-15-11-10(13)6-14-7-16-11/h1-4,6-7H,5H2,(H,14,15,16). The van der Waals surface area contributed by atoms with Gasteiger partial charge in [0.25, 0.3) is 0 Å². The van der Waals surface area contributed by atoms with E-state index in [0.717, 1.165) is 10.6 Å². The second kappa shape index (κ2) is 5.14. The van der Waals surface area contributed by atoms with E-state index in [1.54, 1.807) is 6.20 Å². The Labute approximate surface area is 103 Å². The Morgan fingerprint density at radius 3 is 2.56 bits per heavy atom. The van der Waals surface area contributed by atoms with Crippen molar-refractivity contribution in [3.8, 4) is 0 Å². The Kier molecular flexibility index (Phi) is 3.59. The lowest BCUT2D eigenvalue weighted by molar-refractivity contribution is 1.08. The molecule has 1 aromatic carbocycles. The zero-order valence-corrected chi connectivity index (χ0v) is 9.83. The van der Waals surface area contributed by atoms with Crippen molar-refractivity contribution in [1.82, 2.24) is 9.97 Å². The van der Waals surface area contributed by atoms with Gasteiger partial charge in [-0.1, -0.05) is 35.3 Å². The first-order valence-corrected chi connectivity index (χ1v) is 5.45. The largest absolute Gasteiger partial charge is 0.365 e. The summed E-state index contributed by atoms with van der Waals surface area (Å²) in [5.41, 5.74) is 1.11. The van der Waals surface area contributed by atoms with Gasteiger partial charge in [0.1, 0.15) is 17.2 Å². The van der Waals surface area contributed by atoms with Crippen LogP contribution in [0.25, 0.3) is 0 Å². The Bertz CT molecular complexity index is 471. The molecule has 0 saturated carbocycles. The zero-order valence-electron chi connectivity index (χ0n) is 8.32. The molecule has 0 aliphatic heterocycles. The van der Waals surface area contributed by atoms with Crippen LogP contribution in [0.4, 0.5) is 5.82 Å². The minimum atomic E-state index is 0.511. The molecule has 0 radical (unpaired) electrons. The molecule has 0 bridgehead atoms. The highest BCUT2D eigenvalue weighted by Gasteiger charge is 2.00. The summed E-state index contributed by atoms with van der Waals surface area (Å²) in [7, 11) is 0. The number of anilines is 1. The van der Waals surface area contributed by atoms with Gasteiger partial charge in [-0.2, -0.15) is 0 Å². The minimum absolute atomic E-state index is 0.511. The summed E-state index contributed by atoms with van der Waals surface area (Å²) in [5.74, 6) is 0.631. The molecule has 3 nitrogen and oxygen atoms in total. The molecule has 0 fully saturated rings. The van der Waals surface area contributed by atoms with Crippen molar-refractivity contribution < 1.29 is 0 Å². The van der Waals surface area contributed by atoms with Gasteiger partial charge < -0.3 is 5.32 Å². The van der Waals surface area contributed by atoms with Gasteiger partial charge >= 0.3 is 0 Å². The zero-order chi connectivity index (χ0) is 11.4. The first kappa shape index (κ1) is 11.2. The third-order valence-corrected chi connectivity index (χ3v) is 2.57. The molecule has 82 valence electrons. The molecule has 1 N–H and O–H groups in total. The van der Waals surface area contributed by atoms with Crippen LogP contribution in [0, 0.1) is 0 Å². The number of nitrogens with zero attached hydrogens (tertiary/aromatic N) is 2. The Morgan fingerprint density at radius 1 is 1.12 bits per heavy atom. The normalized spacial score (nSPS) is 10.1. The van der Waals surface area contributed by atoms with Crippen LogP contribution in [0.2, 0.25) is 10.0 Å². The third-order valence-electron chi connectivity index (χ3n) is 2.04. The molecule has 0 amide bonds. The smallest absolute Gasteiger partial charge is 0.148 e. The SMILES string of the molecule is Clc1ccc(CNc2ncncc2Cl)cc1. The van der Waals surface area contributed by atoms with Crippen molar-refractivity contribution in [3.05, 3.63) is 52.4 Å².